The third-order valence-corrected chi connectivity index (χ3v) is 4.12. The van der Waals surface area contributed by atoms with E-state index < -0.39 is 0 Å². The van der Waals surface area contributed by atoms with Crippen LogP contribution in [0.5, 0.6) is 5.75 Å². The number of aromatic nitrogens is 2. The summed E-state index contributed by atoms with van der Waals surface area (Å²) < 4.78 is 7.26. The Morgan fingerprint density at radius 3 is 2.95 bits per heavy atom. The smallest absolute Gasteiger partial charge is 0.182 e. The summed E-state index contributed by atoms with van der Waals surface area (Å²) in [6.45, 7) is 2.35. The second-order valence-electron chi connectivity index (χ2n) is 5.50. The van der Waals surface area contributed by atoms with Gasteiger partial charge in [-0.05, 0) is 44.7 Å². The average molecular weight is 284 g/mol. The van der Waals surface area contributed by atoms with Crippen molar-refractivity contribution in [3.8, 4) is 5.75 Å². The average Bonchev–Trinajstić information content (AvgIpc) is 2.83. The molecule has 0 fully saturated rings. The number of ether oxygens (including phenoxy) is 1. The van der Waals surface area contributed by atoms with E-state index >= 15 is 0 Å². The molecule has 1 aliphatic rings. The molecule has 3 rings (SSSR count). The van der Waals surface area contributed by atoms with Crippen LogP contribution >= 0.6 is 0 Å². The van der Waals surface area contributed by atoms with Crippen molar-refractivity contribution in [2.45, 2.75) is 39.2 Å². The molecule has 0 saturated carbocycles. The van der Waals surface area contributed by atoms with E-state index in [1.807, 2.05) is 25.1 Å². The quantitative estimate of drug-likeness (QED) is 0.811. The summed E-state index contributed by atoms with van der Waals surface area (Å²) in [4.78, 5) is 17.1. The molecule has 0 spiro atoms. The molecule has 2 aromatic rings. The standard InChI is InChI=1S/C17H20N2O2/c1-12-18-15-8-3-4-9-16(15)19(12)11-17(20)13-6-5-7-14(10-13)21-2/h5-7,10H,3-4,8-9,11H2,1-2H3. The van der Waals surface area contributed by atoms with E-state index in [9.17, 15) is 4.79 Å². The number of hydrogen-bond donors (Lipinski definition) is 0. The van der Waals surface area contributed by atoms with Gasteiger partial charge in [-0.3, -0.25) is 4.79 Å². The molecule has 0 N–H and O–H groups in total. The van der Waals surface area contributed by atoms with Crippen molar-refractivity contribution in [1.82, 2.24) is 9.55 Å². The molecule has 0 radical (unpaired) electrons. The third kappa shape index (κ3) is 2.71. The second-order valence-corrected chi connectivity index (χ2v) is 5.50. The predicted molar refractivity (Wildman–Crippen MR) is 80.9 cm³/mol. The molecule has 0 atom stereocenters. The number of Topliss-reactive ketones (excluding diaryl/α,β-unsaturated/α-hetero) is 1. The van der Waals surface area contributed by atoms with E-state index in [2.05, 4.69) is 9.55 Å². The molecule has 21 heavy (non-hydrogen) atoms. The van der Waals surface area contributed by atoms with Gasteiger partial charge in [-0.1, -0.05) is 12.1 Å². The first kappa shape index (κ1) is 13.9. The summed E-state index contributed by atoms with van der Waals surface area (Å²) in [5.74, 6) is 1.76. The normalized spacial score (nSPS) is 13.8. The van der Waals surface area contributed by atoms with Gasteiger partial charge in [0.1, 0.15) is 11.6 Å². The zero-order valence-electron chi connectivity index (χ0n) is 12.6. The predicted octanol–water partition coefficient (Wildman–Crippen LogP) is 2.96. The highest BCUT2D eigenvalue weighted by molar-refractivity contribution is 5.96. The van der Waals surface area contributed by atoms with Crippen LogP contribution in [0.1, 0.15) is 40.4 Å². The number of hydrogen-bond acceptors (Lipinski definition) is 3. The van der Waals surface area contributed by atoms with Gasteiger partial charge in [0, 0.05) is 11.3 Å². The van der Waals surface area contributed by atoms with Crippen LogP contribution in [-0.2, 0) is 19.4 Å². The molecule has 0 aliphatic heterocycles. The maximum absolute atomic E-state index is 12.5. The van der Waals surface area contributed by atoms with E-state index in [-0.39, 0.29) is 5.78 Å². The highest BCUT2D eigenvalue weighted by atomic mass is 16.5. The fourth-order valence-corrected chi connectivity index (χ4v) is 2.98. The maximum atomic E-state index is 12.5. The van der Waals surface area contributed by atoms with Crippen LogP contribution in [0.4, 0.5) is 0 Å². The molecular weight excluding hydrogens is 264 g/mol. The van der Waals surface area contributed by atoms with Gasteiger partial charge in [-0.15, -0.1) is 0 Å². The fourth-order valence-electron chi connectivity index (χ4n) is 2.98. The van der Waals surface area contributed by atoms with Crippen molar-refractivity contribution in [1.29, 1.82) is 0 Å². The first-order valence-corrected chi connectivity index (χ1v) is 7.41. The summed E-state index contributed by atoms with van der Waals surface area (Å²) in [5, 5.41) is 0. The van der Waals surface area contributed by atoms with Crippen LogP contribution in [0, 0.1) is 6.92 Å². The summed E-state index contributed by atoms with van der Waals surface area (Å²) >= 11 is 0. The lowest BCUT2D eigenvalue weighted by Crippen LogP contribution is -2.16. The van der Waals surface area contributed by atoms with Crippen molar-refractivity contribution < 1.29 is 9.53 Å². The molecule has 1 aliphatic carbocycles. The number of imidazole rings is 1. The van der Waals surface area contributed by atoms with Gasteiger partial charge in [0.25, 0.3) is 0 Å². The Kier molecular flexibility index (Phi) is 3.78. The topological polar surface area (TPSA) is 44.1 Å². The van der Waals surface area contributed by atoms with E-state index in [0.29, 0.717) is 17.9 Å². The van der Waals surface area contributed by atoms with Gasteiger partial charge in [-0.25, -0.2) is 4.98 Å². The van der Waals surface area contributed by atoms with Crippen LogP contribution in [-0.4, -0.2) is 22.4 Å². The molecule has 1 aromatic carbocycles. The SMILES string of the molecule is COc1cccc(C(=O)Cn2c(C)nc3c2CCCC3)c1. The Morgan fingerprint density at radius 2 is 2.14 bits per heavy atom. The van der Waals surface area contributed by atoms with Gasteiger partial charge >= 0.3 is 0 Å². The minimum Gasteiger partial charge on any atom is -0.497 e. The number of rotatable bonds is 4. The largest absolute Gasteiger partial charge is 0.497 e. The number of ketones is 1. The first-order chi connectivity index (χ1) is 10.2. The minimum absolute atomic E-state index is 0.0998. The van der Waals surface area contributed by atoms with Crippen LogP contribution < -0.4 is 4.74 Å². The van der Waals surface area contributed by atoms with E-state index in [1.54, 1.807) is 13.2 Å². The monoisotopic (exact) mass is 284 g/mol. The summed E-state index contributed by atoms with van der Waals surface area (Å²) in [7, 11) is 1.61. The van der Waals surface area contributed by atoms with Crippen molar-refractivity contribution in [3.63, 3.8) is 0 Å². The van der Waals surface area contributed by atoms with E-state index in [0.717, 1.165) is 18.7 Å². The Balaban J connectivity index is 1.86. The van der Waals surface area contributed by atoms with Crippen molar-refractivity contribution in [2.24, 2.45) is 0 Å². The summed E-state index contributed by atoms with van der Waals surface area (Å²) in [5.41, 5.74) is 3.11. The molecule has 0 saturated heterocycles. The van der Waals surface area contributed by atoms with Gasteiger partial charge in [0.2, 0.25) is 0 Å². The zero-order valence-corrected chi connectivity index (χ0v) is 12.6. The van der Waals surface area contributed by atoms with E-state index in [1.165, 1.54) is 24.2 Å². The fraction of sp³-hybridized carbons (Fsp3) is 0.412. The van der Waals surface area contributed by atoms with Crippen molar-refractivity contribution in [3.05, 3.63) is 47.0 Å². The lowest BCUT2D eigenvalue weighted by molar-refractivity contribution is 0.0969. The van der Waals surface area contributed by atoms with Crippen molar-refractivity contribution in [2.75, 3.05) is 7.11 Å². The van der Waals surface area contributed by atoms with Crippen LogP contribution in [0.15, 0.2) is 24.3 Å². The molecule has 4 heteroatoms. The zero-order chi connectivity index (χ0) is 14.8. The number of carbonyl (C=O) groups excluding carboxylic acids is 1. The Hall–Kier alpha value is -2.10. The molecule has 0 amide bonds. The van der Waals surface area contributed by atoms with Gasteiger partial charge in [-0.2, -0.15) is 0 Å². The second kappa shape index (κ2) is 5.72. The molecule has 0 bridgehead atoms. The summed E-state index contributed by atoms with van der Waals surface area (Å²) in [6, 6.07) is 7.33. The van der Waals surface area contributed by atoms with E-state index in [4.69, 9.17) is 4.74 Å². The highest BCUT2D eigenvalue weighted by Crippen LogP contribution is 2.23. The number of methoxy groups -OCH3 is 1. The summed E-state index contributed by atoms with van der Waals surface area (Å²) in [6.07, 6.45) is 4.46. The first-order valence-electron chi connectivity index (χ1n) is 7.41. The number of nitrogens with zero attached hydrogens (tertiary/aromatic N) is 2. The Morgan fingerprint density at radius 1 is 1.33 bits per heavy atom. The van der Waals surface area contributed by atoms with Crippen molar-refractivity contribution >= 4 is 5.78 Å². The number of benzene rings is 1. The number of aryl methyl sites for hydroxylation is 2. The molecule has 4 nitrogen and oxygen atoms in total. The Bertz CT molecular complexity index is 673. The van der Waals surface area contributed by atoms with Gasteiger partial charge in [0.15, 0.2) is 5.78 Å². The molecule has 1 heterocycles. The number of fused-ring (bicyclic) bond motifs is 1. The molecular formula is C17H20N2O2. The third-order valence-electron chi connectivity index (χ3n) is 4.12. The number of carbonyl (C=O) groups is 1. The minimum atomic E-state index is 0.0998. The molecule has 0 unspecified atom stereocenters. The van der Waals surface area contributed by atoms with Crippen LogP contribution in [0.25, 0.3) is 0 Å². The van der Waals surface area contributed by atoms with Crippen LogP contribution in [0.2, 0.25) is 0 Å². The Labute approximate surface area is 124 Å². The van der Waals surface area contributed by atoms with Gasteiger partial charge < -0.3 is 9.30 Å². The highest BCUT2D eigenvalue weighted by Gasteiger charge is 2.20. The lowest BCUT2D eigenvalue weighted by atomic mass is 10.0. The lowest BCUT2D eigenvalue weighted by Gasteiger charge is -2.14. The maximum Gasteiger partial charge on any atom is 0.182 e. The van der Waals surface area contributed by atoms with Gasteiger partial charge in [0.05, 0.1) is 19.3 Å². The molecule has 1 aromatic heterocycles. The van der Waals surface area contributed by atoms with Crippen LogP contribution in [0.3, 0.4) is 0 Å². The molecule has 110 valence electrons.